The standard InChI is InChI=1S/C33H31BrCl2N6O9/c1-38-21-13-25(51-4)24(50-3)12-20(21)37-19(27(38)44)8-9-39-30(47)41-10-7-17-22(42(41)31(39)48)14-32(35)28(45)40(15-34)29(46)33(32,36)26(17)18-6-5-16(49-2)11-23(18)43/h5-7,11-13,22,26,43H,8-10,14-15H2,1-4H3/t22-,26-,32-,33+/m1/s1. The second-order valence-electron chi connectivity index (χ2n) is 12.5. The number of methoxy groups -OCH3 is 3. The molecule has 7 rings (SSSR count). The van der Waals surface area contributed by atoms with Crippen molar-refractivity contribution in [2.45, 2.75) is 47.6 Å². The fraction of sp³-hybridized carbons (Fsp3) is 0.394. The molecule has 1 aliphatic carbocycles. The minimum absolute atomic E-state index is 0.0686. The SMILES string of the molecule is COc1ccc([C@H]2C3=CCn4c(=O)n(CCc5nc6cc(OC)c(OC)cc6n(C)c5=O)c(=O)n4[C@@H]3C[C@@]3(Cl)C(=O)N(CBr)C(=O)[C@@]23Cl)c(O)c1. The molecule has 2 aromatic carbocycles. The number of phenols is 1. The van der Waals surface area contributed by atoms with Gasteiger partial charge in [0.15, 0.2) is 21.2 Å². The highest BCUT2D eigenvalue weighted by atomic mass is 79.9. The molecule has 2 amide bonds. The van der Waals surface area contributed by atoms with Crippen LogP contribution in [0.5, 0.6) is 23.0 Å². The van der Waals surface area contributed by atoms with Crippen molar-refractivity contribution in [2.24, 2.45) is 7.05 Å². The summed E-state index contributed by atoms with van der Waals surface area (Å²) in [6, 6.07) is 6.69. The van der Waals surface area contributed by atoms with Gasteiger partial charge in [0.05, 0.1) is 50.4 Å². The zero-order chi connectivity index (χ0) is 36.7. The Labute approximate surface area is 307 Å². The first-order valence-electron chi connectivity index (χ1n) is 15.7. The van der Waals surface area contributed by atoms with Gasteiger partial charge < -0.3 is 23.9 Å². The van der Waals surface area contributed by atoms with Crippen LogP contribution in [-0.4, -0.2) is 81.8 Å². The van der Waals surface area contributed by atoms with Gasteiger partial charge in [-0.3, -0.25) is 19.3 Å². The van der Waals surface area contributed by atoms with Crippen LogP contribution in [0.4, 0.5) is 0 Å². The summed E-state index contributed by atoms with van der Waals surface area (Å²) in [5.41, 5.74) is -0.349. The number of aromatic hydroxyl groups is 1. The Morgan fingerprint density at radius 3 is 2.33 bits per heavy atom. The van der Waals surface area contributed by atoms with E-state index in [-0.39, 0.29) is 48.4 Å². The maximum Gasteiger partial charge on any atom is 0.347 e. The number of phenolic OH excluding ortho intramolecular Hbond substituents is 1. The van der Waals surface area contributed by atoms with Gasteiger partial charge in [0.2, 0.25) is 0 Å². The number of aryl methyl sites for hydroxylation is 2. The molecule has 0 bridgehead atoms. The highest BCUT2D eigenvalue weighted by Crippen LogP contribution is 2.64. The van der Waals surface area contributed by atoms with Crippen molar-refractivity contribution in [1.29, 1.82) is 0 Å². The number of carbonyl (C=O) groups is 2. The van der Waals surface area contributed by atoms with Crippen molar-refractivity contribution < 1.29 is 28.9 Å². The molecule has 1 N–H and O–H groups in total. The number of ether oxygens (including phenoxy) is 3. The monoisotopic (exact) mass is 804 g/mol. The molecule has 15 nitrogen and oxygen atoms in total. The quantitative estimate of drug-likeness (QED) is 0.121. The number of amides is 2. The molecule has 0 radical (unpaired) electrons. The van der Waals surface area contributed by atoms with Crippen molar-refractivity contribution in [3.63, 3.8) is 0 Å². The number of nitrogens with zero attached hydrogens (tertiary/aromatic N) is 6. The summed E-state index contributed by atoms with van der Waals surface area (Å²) < 4.78 is 20.8. The van der Waals surface area contributed by atoms with Gasteiger partial charge in [0.1, 0.15) is 17.2 Å². The lowest BCUT2D eigenvalue weighted by Gasteiger charge is -2.49. The molecule has 1 saturated carbocycles. The summed E-state index contributed by atoms with van der Waals surface area (Å²) in [4.78, 5) is 70.4. The number of imide groups is 1. The summed E-state index contributed by atoms with van der Waals surface area (Å²) in [6.07, 6.45) is 1.29. The number of fused-ring (bicyclic) bond motifs is 5. The fourth-order valence-corrected chi connectivity index (χ4v) is 8.98. The van der Waals surface area contributed by atoms with Gasteiger partial charge in [0, 0.05) is 56.1 Å². The molecule has 2 fully saturated rings. The zero-order valence-corrected chi connectivity index (χ0v) is 30.8. The Bertz CT molecular complexity index is 2380. The molecule has 0 unspecified atom stereocenters. The van der Waals surface area contributed by atoms with Gasteiger partial charge in [-0.2, -0.15) is 0 Å². The van der Waals surface area contributed by atoms with E-state index in [2.05, 4.69) is 20.9 Å². The smallest absolute Gasteiger partial charge is 0.347 e. The molecule has 2 aliphatic heterocycles. The van der Waals surface area contributed by atoms with Crippen LogP contribution < -0.4 is 31.1 Å². The molecular formula is C33H31BrCl2N6O9. The molecule has 0 spiro atoms. The lowest BCUT2D eigenvalue weighted by Crippen LogP contribution is -2.59. The predicted octanol–water partition coefficient (Wildman–Crippen LogP) is 2.38. The number of aromatic nitrogens is 5. The molecule has 3 aliphatic rings. The zero-order valence-electron chi connectivity index (χ0n) is 27.7. The van der Waals surface area contributed by atoms with Crippen molar-refractivity contribution in [2.75, 3.05) is 26.8 Å². The van der Waals surface area contributed by atoms with E-state index in [0.717, 1.165) is 9.47 Å². The van der Waals surface area contributed by atoms with Crippen LogP contribution >= 0.6 is 39.1 Å². The summed E-state index contributed by atoms with van der Waals surface area (Å²) in [6.45, 7) is -0.290. The largest absolute Gasteiger partial charge is 0.508 e. The minimum atomic E-state index is -2.10. The number of hydrogen-bond acceptors (Lipinski definition) is 10. The van der Waals surface area contributed by atoms with E-state index in [0.29, 0.717) is 33.9 Å². The predicted molar refractivity (Wildman–Crippen MR) is 189 cm³/mol. The van der Waals surface area contributed by atoms with Gasteiger partial charge in [-0.25, -0.2) is 28.5 Å². The maximum atomic E-state index is 14.2. The highest BCUT2D eigenvalue weighted by Gasteiger charge is 2.75. The second kappa shape index (κ2) is 12.3. The maximum absolute atomic E-state index is 14.2. The number of carbonyl (C=O) groups excluding carboxylic acids is 2. The molecule has 18 heteroatoms. The number of benzene rings is 2. The number of rotatable bonds is 8. The van der Waals surface area contributed by atoms with Crippen molar-refractivity contribution in [3.05, 3.63) is 84.6 Å². The van der Waals surface area contributed by atoms with Crippen molar-refractivity contribution in [1.82, 2.24) is 28.4 Å². The molecule has 4 heterocycles. The average molecular weight is 806 g/mol. The molecule has 4 aromatic rings. The van der Waals surface area contributed by atoms with E-state index in [1.807, 2.05) is 0 Å². The van der Waals surface area contributed by atoms with Gasteiger partial charge in [-0.05, 0) is 11.6 Å². The topological polar surface area (TPSA) is 169 Å². The number of halogens is 3. The first-order valence-corrected chi connectivity index (χ1v) is 17.6. The lowest BCUT2D eigenvalue weighted by atomic mass is 9.64. The van der Waals surface area contributed by atoms with Gasteiger partial charge in [-0.1, -0.05) is 28.1 Å². The Balaban J connectivity index is 1.32. The van der Waals surface area contributed by atoms with Crippen LogP contribution in [0.1, 0.15) is 29.6 Å². The van der Waals surface area contributed by atoms with Crippen LogP contribution in [-0.2, 0) is 36.1 Å². The van der Waals surface area contributed by atoms with E-state index >= 15 is 0 Å². The third-order valence-electron chi connectivity index (χ3n) is 10.1. The lowest BCUT2D eigenvalue weighted by molar-refractivity contribution is -0.138. The van der Waals surface area contributed by atoms with Crippen molar-refractivity contribution >= 4 is 62.0 Å². The van der Waals surface area contributed by atoms with E-state index in [9.17, 15) is 29.1 Å². The number of hydrogen-bond donors (Lipinski definition) is 1. The van der Waals surface area contributed by atoms with Crippen LogP contribution in [0.2, 0.25) is 0 Å². The second-order valence-corrected chi connectivity index (χ2v) is 14.2. The minimum Gasteiger partial charge on any atom is -0.508 e. The molecule has 268 valence electrons. The number of alkyl halides is 3. The van der Waals surface area contributed by atoms with Crippen molar-refractivity contribution in [3.8, 4) is 23.0 Å². The summed E-state index contributed by atoms with van der Waals surface area (Å²) in [7, 11) is 5.97. The van der Waals surface area contributed by atoms with Crippen LogP contribution in [0.3, 0.4) is 0 Å². The molecule has 2 aromatic heterocycles. The van der Waals surface area contributed by atoms with Gasteiger partial charge in [-0.15, -0.1) is 23.2 Å². The van der Waals surface area contributed by atoms with Gasteiger partial charge in [0.25, 0.3) is 17.4 Å². The Morgan fingerprint density at radius 1 is 0.980 bits per heavy atom. The van der Waals surface area contributed by atoms with Crippen LogP contribution in [0.15, 0.2) is 56.4 Å². The molecule has 4 atom stereocenters. The third-order valence-corrected chi connectivity index (χ3v) is 12.0. The van der Waals surface area contributed by atoms with Gasteiger partial charge >= 0.3 is 11.4 Å². The van der Waals surface area contributed by atoms with Crippen LogP contribution in [0, 0.1) is 0 Å². The molecule has 1 saturated heterocycles. The van der Waals surface area contributed by atoms with E-state index in [1.54, 1.807) is 31.3 Å². The number of likely N-dealkylation sites (tertiary alicyclic amines) is 1. The fourth-order valence-electron chi connectivity index (χ4n) is 7.58. The summed E-state index contributed by atoms with van der Waals surface area (Å²) in [5, 5.41) is 11.2. The molecular weight excluding hydrogens is 775 g/mol. The average Bonchev–Trinajstić information content (AvgIpc) is 3.45. The van der Waals surface area contributed by atoms with Crippen LogP contribution in [0.25, 0.3) is 11.0 Å². The summed E-state index contributed by atoms with van der Waals surface area (Å²) in [5.74, 6) is -1.86. The number of allylic oxidation sites excluding steroid dienone is 2. The van der Waals surface area contributed by atoms with E-state index in [1.165, 1.54) is 47.4 Å². The molecule has 51 heavy (non-hydrogen) atoms. The Morgan fingerprint density at radius 2 is 1.69 bits per heavy atom. The Hall–Kier alpha value is -4.54. The van der Waals surface area contributed by atoms with E-state index in [4.69, 9.17) is 37.4 Å². The third kappa shape index (κ3) is 4.75. The highest BCUT2D eigenvalue weighted by molar-refractivity contribution is 9.09. The Kier molecular flexibility index (Phi) is 8.42. The van der Waals surface area contributed by atoms with E-state index < -0.39 is 50.5 Å². The normalized spacial score (nSPS) is 23.9. The first-order chi connectivity index (χ1) is 24.3. The first kappa shape index (κ1) is 34.9. The summed E-state index contributed by atoms with van der Waals surface area (Å²) >= 11 is 17.6.